The van der Waals surface area contributed by atoms with E-state index in [1.807, 2.05) is 12.1 Å². The number of nitrogens with zero attached hydrogens (tertiary/aromatic N) is 1. The molecule has 3 heteroatoms. The monoisotopic (exact) mass is 252 g/mol. The Kier molecular flexibility index (Phi) is 4.30. The molecule has 0 radical (unpaired) electrons. The number of rotatable bonds is 3. The molecule has 94 valence electrons. The molecule has 1 fully saturated rings. The highest BCUT2D eigenvalue weighted by atomic mass is 35.5. The van der Waals surface area contributed by atoms with Gasteiger partial charge in [0.1, 0.15) is 0 Å². The largest absolute Gasteiger partial charge is 0.370 e. The number of nitrogens with one attached hydrogen (secondary N) is 1. The second-order valence-corrected chi connectivity index (χ2v) is 5.44. The summed E-state index contributed by atoms with van der Waals surface area (Å²) in [4.78, 5) is 2.39. The van der Waals surface area contributed by atoms with Crippen LogP contribution in [0.1, 0.15) is 26.7 Å². The van der Waals surface area contributed by atoms with Gasteiger partial charge in [-0.1, -0.05) is 37.6 Å². The van der Waals surface area contributed by atoms with E-state index in [1.54, 1.807) is 0 Å². The summed E-state index contributed by atoms with van der Waals surface area (Å²) < 4.78 is 0. The predicted octanol–water partition coefficient (Wildman–Crippen LogP) is 3.31. The van der Waals surface area contributed by atoms with Crippen LogP contribution in [0.5, 0.6) is 0 Å². The summed E-state index contributed by atoms with van der Waals surface area (Å²) in [6.45, 7) is 6.60. The predicted molar refractivity (Wildman–Crippen MR) is 75.0 cm³/mol. The van der Waals surface area contributed by atoms with Gasteiger partial charge >= 0.3 is 0 Å². The van der Waals surface area contributed by atoms with Gasteiger partial charge in [0, 0.05) is 25.2 Å². The summed E-state index contributed by atoms with van der Waals surface area (Å²) in [7, 11) is 0. The molecular weight excluding hydrogens is 232 g/mol. The van der Waals surface area contributed by atoms with Gasteiger partial charge in [0.25, 0.3) is 0 Å². The number of hydrogen-bond donors (Lipinski definition) is 1. The molecule has 2 nitrogen and oxygen atoms in total. The molecule has 1 aromatic rings. The molecule has 0 atom stereocenters. The van der Waals surface area contributed by atoms with Crippen molar-refractivity contribution in [2.24, 2.45) is 0 Å². The fourth-order valence-electron chi connectivity index (χ4n) is 2.47. The fourth-order valence-corrected chi connectivity index (χ4v) is 2.72. The average Bonchev–Trinajstić information content (AvgIpc) is 2.30. The van der Waals surface area contributed by atoms with Gasteiger partial charge in [-0.3, -0.25) is 0 Å². The van der Waals surface area contributed by atoms with Crippen LogP contribution in [0.25, 0.3) is 0 Å². The first-order chi connectivity index (χ1) is 8.16. The summed E-state index contributed by atoms with van der Waals surface area (Å²) in [5.41, 5.74) is 1.18. The van der Waals surface area contributed by atoms with Crippen LogP contribution in [0.15, 0.2) is 24.3 Å². The molecule has 1 aliphatic rings. The van der Waals surface area contributed by atoms with Crippen LogP contribution in [0.3, 0.4) is 0 Å². The van der Waals surface area contributed by atoms with Gasteiger partial charge in [0.05, 0.1) is 10.7 Å². The zero-order valence-electron chi connectivity index (χ0n) is 10.6. The first-order valence-corrected chi connectivity index (χ1v) is 6.80. The first-order valence-electron chi connectivity index (χ1n) is 6.42. The van der Waals surface area contributed by atoms with E-state index >= 15 is 0 Å². The summed E-state index contributed by atoms with van der Waals surface area (Å²) in [5, 5.41) is 4.47. The minimum atomic E-state index is 0.576. The zero-order chi connectivity index (χ0) is 12.3. The van der Waals surface area contributed by atoms with Crippen molar-refractivity contribution in [3.63, 3.8) is 0 Å². The Bertz CT molecular complexity index is 357. The maximum atomic E-state index is 6.22. The lowest BCUT2D eigenvalue weighted by Gasteiger charge is -2.35. The number of hydrogen-bond acceptors (Lipinski definition) is 2. The zero-order valence-corrected chi connectivity index (χ0v) is 11.4. The number of anilines is 1. The Hall–Kier alpha value is -0.730. The first kappa shape index (κ1) is 12.7. The average molecular weight is 253 g/mol. The van der Waals surface area contributed by atoms with Crippen LogP contribution in [0.2, 0.25) is 5.02 Å². The minimum Gasteiger partial charge on any atom is -0.370 e. The number of benzene rings is 1. The number of para-hydroxylation sites is 1. The Morgan fingerprint density at radius 1 is 1.24 bits per heavy atom. The Morgan fingerprint density at radius 2 is 1.88 bits per heavy atom. The van der Waals surface area contributed by atoms with Gasteiger partial charge in [0.15, 0.2) is 0 Å². The molecule has 17 heavy (non-hydrogen) atoms. The van der Waals surface area contributed by atoms with E-state index in [9.17, 15) is 0 Å². The van der Waals surface area contributed by atoms with E-state index in [-0.39, 0.29) is 0 Å². The number of halogens is 1. The molecule has 0 spiro atoms. The molecule has 1 saturated heterocycles. The van der Waals surface area contributed by atoms with Gasteiger partial charge in [-0.2, -0.15) is 0 Å². The molecule has 0 aliphatic carbocycles. The Morgan fingerprint density at radius 3 is 2.47 bits per heavy atom. The van der Waals surface area contributed by atoms with Crippen LogP contribution >= 0.6 is 11.6 Å². The molecule has 0 bridgehead atoms. The SMILES string of the molecule is CC(C)NC1CCN(c2ccccc2Cl)CC1. The number of piperidine rings is 1. The Balaban J connectivity index is 1.93. The molecule has 1 aliphatic heterocycles. The summed E-state index contributed by atoms with van der Waals surface area (Å²) in [5.74, 6) is 0. The van der Waals surface area contributed by atoms with Crippen LogP contribution in [-0.2, 0) is 0 Å². The Labute approximate surface area is 109 Å². The summed E-state index contributed by atoms with van der Waals surface area (Å²) >= 11 is 6.22. The van der Waals surface area contributed by atoms with Crippen LogP contribution in [0.4, 0.5) is 5.69 Å². The molecular formula is C14H21ClN2. The fraction of sp³-hybridized carbons (Fsp3) is 0.571. The van der Waals surface area contributed by atoms with Crippen LogP contribution in [0, 0.1) is 0 Å². The smallest absolute Gasteiger partial charge is 0.0639 e. The van der Waals surface area contributed by atoms with Crippen molar-refractivity contribution in [2.45, 2.75) is 38.8 Å². The maximum absolute atomic E-state index is 6.22. The van der Waals surface area contributed by atoms with Gasteiger partial charge < -0.3 is 10.2 Å². The van der Waals surface area contributed by atoms with Crippen molar-refractivity contribution in [3.05, 3.63) is 29.3 Å². The second-order valence-electron chi connectivity index (χ2n) is 5.03. The van der Waals surface area contributed by atoms with E-state index in [2.05, 4.69) is 36.2 Å². The van der Waals surface area contributed by atoms with E-state index in [4.69, 9.17) is 11.6 Å². The van der Waals surface area contributed by atoms with Gasteiger partial charge in [-0.05, 0) is 25.0 Å². The normalized spacial score (nSPS) is 17.8. The molecule has 0 amide bonds. The van der Waals surface area contributed by atoms with Crippen molar-refractivity contribution in [1.29, 1.82) is 0 Å². The van der Waals surface area contributed by atoms with Crippen molar-refractivity contribution >= 4 is 17.3 Å². The summed E-state index contributed by atoms with van der Waals surface area (Å²) in [6, 6.07) is 9.35. The topological polar surface area (TPSA) is 15.3 Å². The molecule has 0 aromatic heterocycles. The molecule has 1 N–H and O–H groups in total. The lowest BCUT2D eigenvalue weighted by Crippen LogP contribution is -2.44. The molecule has 0 unspecified atom stereocenters. The van der Waals surface area contributed by atoms with Crippen LogP contribution < -0.4 is 10.2 Å². The van der Waals surface area contributed by atoms with Crippen LogP contribution in [-0.4, -0.2) is 25.2 Å². The van der Waals surface area contributed by atoms with E-state index in [0.29, 0.717) is 12.1 Å². The third-order valence-electron chi connectivity index (χ3n) is 3.26. The summed E-state index contributed by atoms with van der Waals surface area (Å²) in [6.07, 6.45) is 2.40. The highest BCUT2D eigenvalue weighted by Crippen LogP contribution is 2.27. The standard InChI is InChI=1S/C14H21ClN2/c1-11(2)16-12-7-9-17(10-8-12)14-6-4-3-5-13(14)15/h3-6,11-12,16H,7-10H2,1-2H3. The van der Waals surface area contributed by atoms with Gasteiger partial charge in [-0.25, -0.2) is 0 Å². The maximum Gasteiger partial charge on any atom is 0.0639 e. The molecule has 2 rings (SSSR count). The third-order valence-corrected chi connectivity index (χ3v) is 3.58. The minimum absolute atomic E-state index is 0.576. The molecule has 1 heterocycles. The highest BCUT2D eigenvalue weighted by Gasteiger charge is 2.20. The second kappa shape index (κ2) is 5.74. The van der Waals surface area contributed by atoms with Gasteiger partial charge in [-0.15, -0.1) is 0 Å². The van der Waals surface area contributed by atoms with Crippen molar-refractivity contribution in [1.82, 2.24) is 5.32 Å². The third kappa shape index (κ3) is 3.36. The highest BCUT2D eigenvalue weighted by molar-refractivity contribution is 6.33. The van der Waals surface area contributed by atoms with E-state index < -0.39 is 0 Å². The molecule has 1 aromatic carbocycles. The van der Waals surface area contributed by atoms with Crippen molar-refractivity contribution in [3.8, 4) is 0 Å². The van der Waals surface area contributed by atoms with Crippen molar-refractivity contribution in [2.75, 3.05) is 18.0 Å². The quantitative estimate of drug-likeness (QED) is 0.888. The van der Waals surface area contributed by atoms with E-state index in [0.717, 1.165) is 18.1 Å². The van der Waals surface area contributed by atoms with Gasteiger partial charge in [0.2, 0.25) is 0 Å². The van der Waals surface area contributed by atoms with E-state index in [1.165, 1.54) is 18.5 Å². The lowest BCUT2D eigenvalue weighted by molar-refractivity contribution is 0.387. The lowest BCUT2D eigenvalue weighted by atomic mass is 10.0. The van der Waals surface area contributed by atoms with Crippen molar-refractivity contribution < 1.29 is 0 Å². The molecule has 0 saturated carbocycles.